The molecule has 4 aromatic rings. The first-order valence-corrected chi connectivity index (χ1v) is 11.3. The Bertz CT molecular complexity index is 1420. The van der Waals surface area contributed by atoms with Gasteiger partial charge in [0.2, 0.25) is 0 Å². The van der Waals surface area contributed by atoms with E-state index >= 15 is 0 Å². The van der Waals surface area contributed by atoms with E-state index in [4.69, 9.17) is 14.2 Å². The molecule has 8 nitrogen and oxygen atoms in total. The van der Waals surface area contributed by atoms with E-state index in [1.807, 2.05) is 6.92 Å². The van der Waals surface area contributed by atoms with Gasteiger partial charge in [-0.1, -0.05) is 0 Å². The maximum Gasteiger partial charge on any atom is 0.418 e. The minimum Gasteiger partial charge on any atom is -0.493 e. The topological polar surface area (TPSA) is 94.6 Å². The van der Waals surface area contributed by atoms with Crippen LogP contribution in [-0.2, 0) is 6.18 Å². The number of rotatable bonds is 6. The maximum absolute atomic E-state index is 13.9. The highest BCUT2D eigenvalue weighted by molar-refractivity contribution is 7.15. The summed E-state index contributed by atoms with van der Waals surface area (Å²) in [5, 5.41) is 5.50. The molecule has 0 radical (unpaired) electrons. The monoisotopic (exact) mass is 518 g/mol. The van der Waals surface area contributed by atoms with Crippen LogP contribution in [0.1, 0.15) is 16.1 Å². The molecule has 0 aliphatic heterocycles. The van der Waals surface area contributed by atoms with E-state index in [0.29, 0.717) is 22.4 Å². The number of alkyl halides is 3. The number of aryl methyl sites for hydroxylation is 2. The highest BCUT2D eigenvalue weighted by atomic mass is 32.1. The first kappa shape index (κ1) is 25.0. The van der Waals surface area contributed by atoms with Crippen LogP contribution in [-0.4, -0.2) is 30.2 Å². The Morgan fingerprint density at radius 1 is 0.972 bits per heavy atom. The number of amides is 2. The van der Waals surface area contributed by atoms with Gasteiger partial charge in [0.1, 0.15) is 11.5 Å². The summed E-state index contributed by atoms with van der Waals surface area (Å²) in [6, 6.07) is 7.23. The Morgan fingerprint density at radius 2 is 1.69 bits per heavy atom. The van der Waals surface area contributed by atoms with E-state index in [2.05, 4.69) is 20.6 Å². The van der Waals surface area contributed by atoms with Crippen LogP contribution in [0.2, 0.25) is 0 Å². The zero-order valence-electron chi connectivity index (χ0n) is 19.6. The van der Waals surface area contributed by atoms with E-state index < -0.39 is 23.5 Å². The summed E-state index contributed by atoms with van der Waals surface area (Å²) in [7, 11) is 2.95. The molecule has 0 aliphatic rings. The molecule has 0 unspecified atom stereocenters. The number of pyridine rings is 1. The van der Waals surface area contributed by atoms with E-state index in [0.717, 1.165) is 22.7 Å². The number of nitrogens with one attached hydrogen (secondary N) is 2. The van der Waals surface area contributed by atoms with Gasteiger partial charge in [-0.3, -0.25) is 10.3 Å². The average molecular weight is 519 g/mol. The number of aromatic nitrogens is 2. The third-order valence-corrected chi connectivity index (χ3v) is 6.22. The summed E-state index contributed by atoms with van der Waals surface area (Å²) >= 11 is 1.23. The molecule has 0 saturated heterocycles. The third kappa shape index (κ3) is 5.28. The van der Waals surface area contributed by atoms with E-state index in [1.54, 1.807) is 19.1 Å². The Kier molecular flexibility index (Phi) is 6.88. The largest absolute Gasteiger partial charge is 0.493 e. The molecule has 0 atom stereocenters. The number of benzene rings is 2. The predicted octanol–water partition coefficient (Wildman–Crippen LogP) is 6.78. The lowest BCUT2D eigenvalue weighted by molar-refractivity contribution is -0.137. The molecule has 0 fully saturated rings. The first-order valence-electron chi connectivity index (χ1n) is 10.5. The number of halogens is 3. The quantitative estimate of drug-likeness (QED) is 0.292. The van der Waals surface area contributed by atoms with Crippen LogP contribution in [0.5, 0.6) is 23.0 Å². The van der Waals surface area contributed by atoms with Gasteiger partial charge < -0.3 is 19.5 Å². The van der Waals surface area contributed by atoms with Gasteiger partial charge in [0, 0.05) is 22.5 Å². The molecule has 0 saturated carbocycles. The number of carbonyl (C=O) groups is 1. The molecule has 188 valence electrons. The van der Waals surface area contributed by atoms with E-state index in [9.17, 15) is 18.0 Å². The van der Waals surface area contributed by atoms with Gasteiger partial charge in [-0.05, 0) is 44.2 Å². The summed E-state index contributed by atoms with van der Waals surface area (Å²) in [5.41, 5.74) is -0.265. The van der Waals surface area contributed by atoms with Crippen molar-refractivity contribution in [2.24, 2.45) is 0 Å². The zero-order chi connectivity index (χ0) is 26.0. The fraction of sp³-hybridized carbons (Fsp3) is 0.208. The van der Waals surface area contributed by atoms with Gasteiger partial charge in [0.15, 0.2) is 16.6 Å². The summed E-state index contributed by atoms with van der Waals surface area (Å²) < 4.78 is 58.0. The molecular formula is C24H21F3N4O4S. The Balaban J connectivity index is 1.63. The van der Waals surface area contributed by atoms with Crippen LogP contribution in [0.4, 0.5) is 28.8 Å². The Hall–Kier alpha value is -4.06. The van der Waals surface area contributed by atoms with Gasteiger partial charge in [0.25, 0.3) is 0 Å². The molecule has 12 heteroatoms. The number of thiazole rings is 1. The molecule has 2 amide bonds. The van der Waals surface area contributed by atoms with Crippen molar-refractivity contribution >= 4 is 39.1 Å². The molecule has 2 aromatic heterocycles. The fourth-order valence-corrected chi connectivity index (χ4v) is 4.18. The van der Waals surface area contributed by atoms with Crippen LogP contribution in [0.3, 0.4) is 0 Å². The normalized spacial score (nSPS) is 11.3. The predicted molar refractivity (Wildman–Crippen MR) is 131 cm³/mol. The Morgan fingerprint density at radius 3 is 2.33 bits per heavy atom. The molecular weight excluding hydrogens is 497 g/mol. The number of nitrogens with zero attached hydrogens (tertiary/aromatic N) is 2. The van der Waals surface area contributed by atoms with Crippen molar-refractivity contribution in [2.45, 2.75) is 20.0 Å². The van der Waals surface area contributed by atoms with Crippen molar-refractivity contribution in [3.8, 4) is 23.0 Å². The highest BCUT2D eigenvalue weighted by Gasteiger charge is 2.34. The summed E-state index contributed by atoms with van der Waals surface area (Å²) in [4.78, 5) is 21.6. The average Bonchev–Trinajstić information content (AvgIpc) is 3.14. The number of urea groups is 1. The van der Waals surface area contributed by atoms with Crippen molar-refractivity contribution in [3.63, 3.8) is 0 Å². The number of hydrogen-bond acceptors (Lipinski definition) is 7. The number of fused-ring (bicyclic) bond motifs is 1. The summed E-state index contributed by atoms with van der Waals surface area (Å²) in [5.74, 6) is 1.05. The van der Waals surface area contributed by atoms with Crippen LogP contribution >= 0.6 is 11.3 Å². The van der Waals surface area contributed by atoms with E-state index in [1.165, 1.54) is 43.9 Å². The van der Waals surface area contributed by atoms with Crippen molar-refractivity contribution in [3.05, 3.63) is 58.7 Å². The number of carbonyl (C=O) groups excluding carboxylic acids is 1. The molecule has 2 heterocycles. The van der Waals surface area contributed by atoms with Crippen LogP contribution in [0.25, 0.3) is 10.9 Å². The molecule has 2 N–H and O–H groups in total. The SMILES string of the molecule is COc1cc2nccc(Oc3ccc(NC(=O)Nc4nc(C)c(C)s4)c(C(F)(F)F)c3)c2cc1OC. The molecule has 36 heavy (non-hydrogen) atoms. The fourth-order valence-electron chi connectivity index (χ4n) is 3.37. The third-order valence-electron chi connectivity index (χ3n) is 5.23. The van der Waals surface area contributed by atoms with Gasteiger partial charge in [-0.15, -0.1) is 11.3 Å². The minimum atomic E-state index is -4.76. The van der Waals surface area contributed by atoms with Crippen LogP contribution in [0, 0.1) is 13.8 Å². The lowest BCUT2D eigenvalue weighted by Crippen LogP contribution is -2.21. The van der Waals surface area contributed by atoms with Gasteiger partial charge in [-0.2, -0.15) is 13.2 Å². The van der Waals surface area contributed by atoms with Gasteiger partial charge >= 0.3 is 12.2 Å². The van der Waals surface area contributed by atoms with E-state index in [-0.39, 0.29) is 16.6 Å². The van der Waals surface area contributed by atoms with Gasteiger partial charge in [0.05, 0.1) is 36.7 Å². The first-order chi connectivity index (χ1) is 17.1. The lowest BCUT2D eigenvalue weighted by atomic mass is 10.1. The van der Waals surface area contributed by atoms with Crippen molar-refractivity contribution < 1.29 is 32.2 Å². The minimum absolute atomic E-state index is 0.0817. The smallest absolute Gasteiger partial charge is 0.418 e. The molecule has 0 bridgehead atoms. The van der Waals surface area contributed by atoms with Gasteiger partial charge in [-0.25, -0.2) is 9.78 Å². The van der Waals surface area contributed by atoms with Crippen molar-refractivity contribution in [1.82, 2.24) is 9.97 Å². The second-order valence-electron chi connectivity index (χ2n) is 7.58. The zero-order valence-corrected chi connectivity index (χ0v) is 20.4. The molecule has 4 rings (SSSR count). The summed E-state index contributed by atoms with van der Waals surface area (Å²) in [6.45, 7) is 3.60. The Labute approximate surface area is 208 Å². The molecule has 0 spiro atoms. The number of hydrogen-bond donors (Lipinski definition) is 2. The standard InChI is InChI=1S/C24H21F3N4O4S/c1-12-13(2)36-23(29-12)31-22(32)30-17-6-5-14(9-16(17)24(25,26)27)35-19-7-8-28-18-11-21(34-4)20(33-3)10-15(18)19/h5-11H,1-4H3,(H2,29,30,31,32). The second-order valence-corrected chi connectivity index (χ2v) is 8.78. The highest BCUT2D eigenvalue weighted by Crippen LogP contribution is 2.40. The maximum atomic E-state index is 13.9. The van der Waals surface area contributed by atoms with Crippen molar-refractivity contribution in [1.29, 1.82) is 0 Å². The lowest BCUT2D eigenvalue weighted by Gasteiger charge is -2.16. The van der Waals surface area contributed by atoms with Crippen LogP contribution < -0.4 is 24.8 Å². The van der Waals surface area contributed by atoms with Crippen LogP contribution in [0.15, 0.2) is 42.6 Å². The molecule has 0 aliphatic carbocycles. The number of methoxy groups -OCH3 is 2. The number of ether oxygens (including phenoxy) is 3. The molecule has 2 aromatic carbocycles. The second kappa shape index (κ2) is 9.90. The summed E-state index contributed by atoms with van der Waals surface area (Å²) in [6.07, 6.45) is -3.29. The number of anilines is 2. The van der Waals surface area contributed by atoms with Crippen molar-refractivity contribution in [2.75, 3.05) is 24.9 Å².